The topological polar surface area (TPSA) is 32.3 Å². The Kier molecular flexibility index (Phi) is 3.55. The van der Waals surface area contributed by atoms with Gasteiger partial charge in [-0.25, -0.2) is 0 Å². The van der Waals surface area contributed by atoms with Gasteiger partial charge in [-0.1, -0.05) is 13.8 Å². The summed E-state index contributed by atoms with van der Waals surface area (Å²) in [5.41, 5.74) is 2.66. The summed E-state index contributed by atoms with van der Waals surface area (Å²) in [6.07, 6.45) is 0.999. The lowest BCUT2D eigenvalue weighted by molar-refractivity contribution is 0.465. The number of hydrogen-bond acceptors (Lipinski definition) is 2. The van der Waals surface area contributed by atoms with Crippen LogP contribution in [0.2, 0.25) is 0 Å². The fraction of sp³-hybridized carbons (Fsp3) is 0.538. The number of hydrogen-bond donors (Lipinski definition) is 2. The van der Waals surface area contributed by atoms with Crippen molar-refractivity contribution in [1.82, 2.24) is 5.32 Å². The lowest BCUT2D eigenvalue weighted by Crippen LogP contribution is -2.23. The van der Waals surface area contributed by atoms with Gasteiger partial charge >= 0.3 is 0 Å². The van der Waals surface area contributed by atoms with Crippen LogP contribution in [0.3, 0.4) is 0 Å². The quantitative estimate of drug-likeness (QED) is 0.830. The summed E-state index contributed by atoms with van der Waals surface area (Å²) < 4.78 is 0.804. The number of phenols is 1. The van der Waals surface area contributed by atoms with Gasteiger partial charge in [0.15, 0.2) is 0 Å². The van der Waals surface area contributed by atoms with E-state index in [2.05, 4.69) is 41.2 Å². The second kappa shape index (κ2) is 4.76. The number of benzene rings is 1. The number of rotatable bonds is 1. The van der Waals surface area contributed by atoms with Crippen molar-refractivity contribution in [3.63, 3.8) is 0 Å². The monoisotopic (exact) mass is 283 g/mol. The molecule has 16 heavy (non-hydrogen) atoms. The molecule has 1 aliphatic heterocycles. The molecule has 3 heteroatoms. The van der Waals surface area contributed by atoms with Crippen LogP contribution in [0.5, 0.6) is 5.75 Å². The first-order valence-corrected chi connectivity index (χ1v) is 6.61. The summed E-state index contributed by atoms with van der Waals surface area (Å²) in [6, 6.07) is 3.99. The minimum Gasteiger partial charge on any atom is -0.507 e. The fourth-order valence-electron chi connectivity index (χ4n) is 2.37. The second-order valence-corrected chi connectivity index (χ2v) is 5.66. The van der Waals surface area contributed by atoms with Gasteiger partial charge in [0.25, 0.3) is 0 Å². The van der Waals surface area contributed by atoms with Gasteiger partial charge in [-0.15, -0.1) is 0 Å². The molecule has 1 aliphatic rings. The van der Waals surface area contributed by atoms with Crippen LogP contribution in [0.4, 0.5) is 0 Å². The third kappa shape index (κ3) is 2.25. The highest BCUT2D eigenvalue weighted by molar-refractivity contribution is 9.10. The molecule has 0 radical (unpaired) electrons. The van der Waals surface area contributed by atoms with E-state index in [0.29, 0.717) is 17.6 Å². The highest BCUT2D eigenvalue weighted by atomic mass is 79.9. The Hall–Kier alpha value is -0.540. The molecule has 0 saturated heterocycles. The zero-order chi connectivity index (χ0) is 11.7. The molecule has 0 bridgehead atoms. The van der Waals surface area contributed by atoms with Crippen LogP contribution >= 0.6 is 15.9 Å². The summed E-state index contributed by atoms with van der Waals surface area (Å²) in [5, 5.41) is 13.2. The summed E-state index contributed by atoms with van der Waals surface area (Å²) in [6.45, 7) is 6.53. The molecule has 2 N–H and O–H groups in total. The van der Waals surface area contributed by atoms with Gasteiger partial charge in [0.1, 0.15) is 5.75 Å². The van der Waals surface area contributed by atoms with E-state index < -0.39 is 0 Å². The third-order valence-corrected chi connectivity index (χ3v) is 3.98. The standard InChI is InChI=1S/C13H18BrNO/c1-8(2)11-7-15-4-3-9-5-13(16)12(14)6-10(9)11/h5-6,8,11,15-16H,3-4,7H2,1-2H3/t11-/m0/s1. The molecule has 2 rings (SSSR count). The van der Waals surface area contributed by atoms with Gasteiger partial charge in [-0.2, -0.15) is 0 Å². The Morgan fingerprint density at radius 2 is 2.19 bits per heavy atom. The van der Waals surface area contributed by atoms with Gasteiger partial charge in [-0.3, -0.25) is 0 Å². The van der Waals surface area contributed by atoms with E-state index in [9.17, 15) is 5.11 Å². The molecule has 1 aromatic carbocycles. The minimum atomic E-state index is 0.350. The molecule has 1 atom stereocenters. The molecule has 0 spiro atoms. The van der Waals surface area contributed by atoms with E-state index in [4.69, 9.17) is 0 Å². The third-order valence-electron chi connectivity index (χ3n) is 3.35. The maximum atomic E-state index is 9.72. The lowest BCUT2D eigenvalue weighted by atomic mass is 9.86. The highest BCUT2D eigenvalue weighted by Gasteiger charge is 2.22. The normalized spacial score (nSPS) is 20.6. The van der Waals surface area contributed by atoms with Crippen LogP contribution in [0.25, 0.3) is 0 Å². The molecule has 88 valence electrons. The molecule has 0 aromatic heterocycles. The van der Waals surface area contributed by atoms with Crippen LogP contribution in [0.1, 0.15) is 30.9 Å². The van der Waals surface area contributed by atoms with Crippen molar-refractivity contribution in [2.45, 2.75) is 26.2 Å². The molecule has 0 amide bonds. The number of nitrogens with one attached hydrogen (secondary N) is 1. The van der Waals surface area contributed by atoms with Gasteiger partial charge in [0.05, 0.1) is 4.47 Å². The molecular formula is C13H18BrNO. The van der Waals surface area contributed by atoms with Crippen LogP contribution in [-0.2, 0) is 6.42 Å². The predicted octanol–water partition coefficient (Wildman–Crippen LogP) is 3.04. The first-order valence-electron chi connectivity index (χ1n) is 5.81. The van der Waals surface area contributed by atoms with Crippen molar-refractivity contribution in [3.05, 3.63) is 27.7 Å². The van der Waals surface area contributed by atoms with Gasteiger partial charge in [-0.05, 0) is 64.0 Å². The van der Waals surface area contributed by atoms with Crippen LogP contribution < -0.4 is 5.32 Å². The fourth-order valence-corrected chi connectivity index (χ4v) is 2.73. The highest BCUT2D eigenvalue weighted by Crippen LogP contribution is 2.35. The number of phenolic OH excluding ortho intramolecular Hbond substituents is 1. The summed E-state index contributed by atoms with van der Waals surface area (Å²) in [7, 11) is 0. The molecule has 1 aromatic rings. The Bertz CT molecular complexity index is 390. The van der Waals surface area contributed by atoms with E-state index in [1.807, 2.05) is 6.07 Å². The van der Waals surface area contributed by atoms with E-state index >= 15 is 0 Å². The molecule has 0 fully saturated rings. The van der Waals surface area contributed by atoms with Crippen molar-refractivity contribution in [2.75, 3.05) is 13.1 Å². The van der Waals surface area contributed by atoms with E-state index in [1.165, 1.54) is 11.1 Å². The smallest absolute Gasteiger partial charge is 0.130 e. The Labute approximate surface area is 105 Å². The maximum absolute atomic E-state index is 9.72. The zero-order valence-corrected chi connectivity index (χ0v) is 11.3. The number of fused-ring (bicyclic) bond motifs is 1. The molecule has 2 nitrogen and oxygen atoms in total. The van der Waals surface area contributed by atoms with E-state index in [1.54, 1.807) is 0 Å². The van der Waals surface area contributed by atoms with Crippen LogP contribution in [-0.4, -0.2) is 18.2 Å². The van der Waals surface area contributed by atoms with Gasteiger partial charge < -0.3 is 10.4 Å². The minimum absolute atomic E-state index is 0.350. The number of halogens is 1. The first kappa shape index (κ1) is 11.9. The van der Waals surface area contributed by atoms with E-state index in [0.717, 1.165) is 24.0 Å². The van der Waals surface area contributed by atoms with Crippen molar-refractivity contribution >= 4 is 15.9 Å². The number of aromatic hydroxyl groups is 1. The lowest BCUT2D eigenvalue weighted by Gasteiger charge is -2.22. The Morgan fingerprint density at radius 3 is 2.88 bits per heavy atom. The summed E-state index contributed by atoms with van der Waals surface area (Å²) in [4.78, 5) is 0. The Morgan fingerprint density at radius 1 is 1.44 bits per heavy atom. The van der Waals surface area contributed by atoms with Crippen LogP contribution in [0, 0.1) is 5.92 Å². The summed E-state index contributed by atoms with van der Waals surface area (Å²) >= 11 is 3.41. The second-order valence-electron chi connectivity index (χ2n) is 4.81. The van der Waals surface area contributed by atoms with Crippen molar-refractivity contribution in [1.29, 1.82) is 0 Å². The zero-order valence-electron chi connectivity index (χ0n) is 9.76. The molecule has 0 unspecified atom stereocenters. The SMILES string of the molecule is CC(C)[C@@H]1CNCCc2cc(O)c(Br)cc21. The average Bonchev–Trinajstić information content (AvgIpc) is 2.41. The van der Waals surface area contributed by atoms with Gasteiger partial charge in [0.2, 0.25) is 0 Å². The Balaban J connectivity index is 2.48. The average molecular weight is 284 g/mol. The summed E-state index contributed by atoms with van der Waals surface area (Å²) in [5.74, 6) is 1.50. The molecular weight excluding hydrogens is 266 g/mol. The molecule has 1 heterocycles. The predicted molar refractivity (Wildman–Crippen MR) is 70.0 cm³/mol. The van der Waals surface area contributed by atoms with Gasteiger partial charge in [0, 0.05) is 6.54 Å². The van der Waals surface area contributed by atoms with E-state index in [-0.39, 0.29) is 0 Å². The largest absolute Gasteiger partial charge is 0.507 e. The van der Waals surface area contributed by atoms with Crippen molar-refractivity contribution in [2.24, 2.45) is 5.92 Å². The molecule has 0 saturated carbocycles. The van der Waals surface area contributed by atoms with Crippen molar-refractivity contribution < 1.29 is 5.11 Å². The van der Waals surface area contributed by atoms with Crippen LogP contribution in [0.15, 0.2) is 16.6 Å². The van der Waals surface area contributed by atoms with Crippen molar-refractivity contribution in [3.8, 4) is 5.75 Å². The first-order chi connectivity index (χ1) is 7.59. The molecule has 0 aliphatic carbocycles. The maximum Gasteiger partial charge on any atom is 0.130 e.